The van der Waals surface area contributed by atoms with E-state index >= 15 is 0 Å². The van der Waals surface area contributed by atoms with E-state index in [0.29, 0.717) is 36.7 Å². The van der Waals surface area contributed by atoms with Crippen molar-refractivity contribution in [3.8, 4) is 0 Å². The summed E-state index contributed by atoms with van der Waals surface area (Å²) in [6.45, 7) is 2.34. The number of fused-ring (bicyclic) bond motifs is 1. The van der Waals surface area contributed by atoms with Crippen LogP contribution in [0.2, 0.25) is 0 Å². The van der Waals surface area contributed by atoms with E-state index in [1.54, 1.807) is 6.07 Å². The predicted octanol–water partition coefficient (Wildman–Crippen LogP) is -0.170. The summed E-state index contributed by atoms with van der Waals surface area (Å²) in [6, 6.07) is 6.39. The van der Waals surface area contributed by atoms with E-state index in [2.05, 4.69) is 25.9 Å². The number of carbonyl (C=O) groups excluding carboxylic acids is 3. The number of H-pyrrole nitrogens is 1. The molecule has 4 heterocycles. The molecule has 0 spiro atoms. The monoisotopic (exact) mass is 422 g/mol. The van der Waals surface area contributed by atoms with Gasteiger partial charge in [0.05, 0.1) is 0 Å². The minimum atomic E-state index is -0.626. The number of rotatable bonds is 5. The maximum Gasteiger partial charge on any atom is 0.255 e. The van der Waals surface area contributed by atoms with Crippen LogP contribution in [0.1, 0.15) is 46.1 Å². The number of anilines is 1. The first kappa shape index (κ1) is 19.4. The SMILES string of the molecule is O=C1CCC(N2Cc3ccc(CNc4cc(=O)[nH]c(C5CNC5)n4)cc3C2=O)C(=O)N1. The highest BCUT2D eigenvalue weighted by Gasteiger charge is 2.39. The van der Waals surface area contributed by atoms with E-state index in [9.17, 15) is 19.2 Å². The van der Waals surface area contributed by atoms with Crippen LogP contribution in [0.15, 0.2) is 29.1 Å². The zero-order valence-electron chi connectivity index (χ0n) is 16.7. The second kappa shape index (κ2) is 7.62. The lowest BCUT2D eigenvalue weighted by atomic mass is 10.0. The fraction of sp³-hybridized carbons (Fsp3) is 0.381. The van der Waals surface area contributed by atoms with Crippen molar-refractivity contribution in [1.82, 2.24) is 25.5 Å². The molecular weight excluding hydrogens is 400 g/mol. The zero-order valence-corrected chi connectivity index (χ0v) is 16.7. The topological polar surface area (TPSA) is 136 Å². The molecule has 10 nitrogen and oxygen atoms in total. The van der Waals surface area contributed by atoms with Crippen LogP contribution >= 0.6 is 0 Å². The summed E-state index contributed by atoms with van der Waals surface area (Å²) in [7, 11) is 0. The first-order valence-corrected chi connectivity index (χ1v) is 10.3. The molecule has 1 aromatic carbocycles. The van der Waals surface area contributed by atoms with Crippen molar-refractivity contribution in [3.63, 3.8) is 0 Å². The minimum absolute atomic E-state index is 0.205. The molecule has 1 unspecified atom stereocenters. The minimum Gasteiger partial charge on any atom is -0.366 e. The Kier molecular flexibility index (Phi) is 4.78. The van der Waals surface area contributed by atoms with Gasteiger partial charge >= 0.3 is 0 Å². The summed E-state index contributed by atoms with van der Waals surface area (Å²) in [5.41, 5.74) is 2.08. The first-order chi connectivity index (χ1) is 15.0. The van der Waals surface area contributed by atoms with Gasteiger partial charge < -0.3 is 20.5 Å². The van der Waals surface area contributed by atoms with Gasteiger partial charge in [-0.1, -0.05) is 12.1 Å². The van der Waals surface area contributed by atoms with Crippen LogP contribution in [0, 0.1) is 0 Å². The van der Waals surface area contributed by atoms with Crippen LogP contribution in [0.5, 0.6) is 0 Å². The molecular formula is C21H22N6O4. The van der Waals surface area contributed by atoms with E-state index in [1.807, 2.05) is 12.1 Å². The van der Waals surface area contributed by atoms with Crippen LogP contribution in [0.4, 0.5) is 5.82 Å². The summed E-state index contributed by atoms with van der Waals surface area (Å²) in [6.07, 6.45) is 0.569. The third-order valence-corrected chi connectivity index (χ3v) is 5.99. The number of hydrogen-bond acceptors (Lipinski definition) is 7. The van der Waals surface area contributed by atoms with Crippen molar-refractivity contribution in [2.75, 3.05) is 18.4 Å². The summed E-state index contributed by atoms with van der Waals surface area (Å²) in [5.74, 6) is 0.437. The molecule has 160 valence electrons. The number of nitrogens with zero attached hydrogens (tertiary/aromatic N) is 2. The Labute approximate surface area is 177 Å². The Hall–Kier alpha value is -3.53. The molecule has 0 saturated carbocycles. The molecule has 5 rings (SSSR count). The Balaban J connectivity index is 1.29. The van der Waals surface area contributed by atoms with Gasteiger partial charge in [0.1, 0.15) is 17.7 Å². The number of piperidine rings is 1. The van der Waals surface area contributed by atoms with Crippen molar-refractivity contribution in [2.24, 2.45) is 0 Å². The first-order valence-electron chi connectivity index (χ1n) is 10.3. The van der Waals surface area contributed by atoms with Gasteiger partial charge in [-0.15, -0.1) is 0 Å². The van der Waals surface area contributed by atoms with E-state index < -0.39 is 11.9 Å². The number of imide groups is 1. The van der Waals surface area contributed by atoms with Crippen molar-refractivity contribution in [2.45, 2.75) is 37.9 Å². The third kappa shape index (κ3) is 3.70. The van der Waals surface area contributed by atoms with Gasteiger partial charge in [0, 0.05) is 50.1 Å². The van der Waals surface area contributed by atoms with Gasteiger partial charge in [-0.25, -0.2) is 4.98 Å². The maximum atomic E-state index is 12.9. The average molecular weight is 422 g/mol. The summed E-state index contributed by atoms with van der Waals surface area (Å²) >= 11 is 0. The Morgan fingerprint density at radius 2 is 1.97 bits per heavy atom. The summed E-state index contributed by atoms with van der Waals surface area (Å²) in [4.78, 5) is 57.2. The van der Waals surface area contributed by atoms with Gasteiger partial charge in [0.25, 0.3) is 11.5 Å². The van der Waals surface area contributed by atoms with E-state index in [1.165, 1.54) is 11.0 Å². The molecule has 2 fully saturated rings. The van der Waals surface area contributed by atoms with Crippen LogP contribution in [-0.4, -0.2) is 51.7 Å². The molecule has 31 heavy (non-hydrogen) atoms. The molecule has 0 aliphatic carbocycles. The molecule has 2 aromatic rings. The van der Waals surface area contributed by atoms with E-state index in [-0.39, 0.29) is 29.7 Å². The number of amides is 3. The Morgan fingerprint density at radius 3 is 2.71 bits per heavy atom. The molecule has 3 aliphatic heterocycles. The van der Waals surface area contributed by atoms with Crippen LogP contribution in [-0.2, 0) is 22.7 Å². The predicted molar refractivity (Wildman–Crippen MR) is 110 cm³/mol. The largest absolute Gasteiger partial charge is 0.366 e. The van der Waals surface area contributed by atoms with Crippen LogP contribution in [0.3, 0.4) is 0 Å². The fourth-order valence-corrected chi connectivity index (χ4v) is 4.15. The molecule has 1 aromatic heterocycles. The number of benzene rings is 1. The van der Waals surface area contributed by atoms with Gasteiger partial charge in [0.2, 0.25) is 11.8 Å². The third-order valence-electron chi connectivity index (χ3n) is 5.99. The number of hydrogen-bond donors (Lipinski definition) is 4. The van der Waals surface area contributed by atoms with Crippen molar-refractivity contribution < 1.29 is 14.4 Å². The molecule has 1 atom stereocenters. The molecule has 0 bridgehead atoms. The maximum absolute atomic E-state index is 12.9. The summed E-state index contributed by atoms with van der Waals surface area (Å²) in [5, 5.41) is 8.62. The van der Waals surface area contributed by atoms with Gasteiger partial charge in [-0.05, 0) is 23.6 Å². The van der Waals surface area contributed by atoms with E-state index in [4.69, 9.17) is 0 Å². The molecule has 3 aliphatic rings. The molecule has 10 heteroatoms. The van der Waals surface area contributed by atoms with Crippen molar-refractivity contribution in [3.05, 3.63) is 57.1 Å². The highest BCUT2D eigenvalue weighted by atomic mass is 16.2. The zero-order chi connectivity index (χ0) is 21.5. The Bertz CT molecular complexity index is 1140. The van der Waals surface area contributed by atoms with Gasteiger partial charge in [-0.2, -0.15) is 0 Å². The van der Waals surface area contributed by atoms with Crippen molar-refractivity contribution in [1.29, 1.82) is 0 Å². The smallest absolute Gasteiger partial charge is 0.255 e. The molecule has 4 N–H and O–H groups in total. The fourth-order valence-electron chi connectivity index (χ4n) is 4.15. The lowest BCUT2D eigenvalue weighted by Gasteiger charge is -2.29. The van der Waals surface area contributed by atoms with Crippen LogP contribution < -0.4 is 21.5 Å². The lowest BCUT2D eigenvalue weighted by molar-refractivity contribution is -0.136. The van der Waals surface area contributed by atoms with Gasteiger partial charge in [0.15, 0.2) is 0 Å². The standard InChI is InChI=1S/C21H22N6O4/c28-17-4-3-15(20(30)26-17)27-10-12-2-1-11(5-14(12)21(27)31)7-23-16-6-18(29)25-19(24-16)13-8-22-9-13/h1-2,5-6,13,15,22H,3-4,7-10H2,(H,26,28,30)(H2,23,24,25,29). The number of aromatic nitrogens is 2. The average Bonchev–Trinajstić information content (AvgIpc) is 3.01. The Morgan fingerprint density at radius 1 is 1.13 bits per heavy atom. The number of aromatic amines is 1. The van der Waals surface area contributed by atoms with Gasteiger partial charge in [-0.3, -0.25) is 24.5 Å². The second-order valence-electron chi connectivity index (χ2n) is 8.12. The second-order valence-corrected chi connectivity index (χ2v) is 8.12. The highest BCUT2D eigenvalue weighted by molar-refractivity contribution is 6.05. The normalized spacial score (nSPS) is 21.0. The molecule has 3 amide bonds. The van der Waals surface area contributed by atoms with Crippen molar-refractivity contribution >= 4 is 23.5 Å². The number of carbonyl (C=O) groups is 3. The number of nitrogens with one attached hydrogen (secondary N) is 4. The molecule has 2 saturated heterocycles. The lowest BCUT2D eigenvalue weighted by Crippen LogP contribution is -2.52. The quantitative estimate of drug-likeness (QED) is 0.491. The van der Waals surface area contributed by atoms with Crippen LogP contribution in [0.25, 0.3) is 0 Å². The summed E-state index contributed by atoms with van der Waals surface area (Å²) < 4.78 is 0. The molecule has 0 radical (unpaired) electrons. The highest BCUT2D eigenvalue weighted by Crippen LogP contribution is 2.28. The van der Waals surface area contributed by atoms with E-state index in [0.717, 1.165) is 24.2 Å².